The van der Waals surface area contributed by atoms with Gasteiger partial charge in [-0.15, -0.1) is 0 Å². The molecule has 5 nitrogen and oxygen atoms in total. The van der Waals surface area contributed by atoms with Gasteiger partial charge in [-0.25, -0.2) is 4.79 Å². The molecule has 0 saturated carbocycles. The lowest BCUT2D eigenvalue weighted by atomic mass is 10.1. The molecule has 20 heavy (non-hydrogen) atoms. The van der Waals surface area contributed by atoms with Crippen LogP contribution in [-0.2, 0) is 9.59 Å². The average molecular weight is 274 g/mol. The van der Waals surface area contributed by atoms with Gasteiger partial charge in [-0.1, -0.05) is 6.07 Å². The number of carbonyl (C=O) groups excluding carboxylic acids is 1. The molecule has 1 unspecified atom stereocenters. The highest BCUT2D eigenvalue weighted by Gasteiger charge is 2.26. The van der Waals surface area contributed by atoms with Crippen LogP contribution < -0.4 is 10.6 Å². The van der Waals surface area contributed by atoms with Crippen LogP contribution in [0.1, 0.15) is 17.5 Å². The molecular formula is C15H18N2O3. The van der Waals surface area contributed by atoms with Crippen molar-refractivity contribution in [1.29, 1.82) is 0 Å². The van der Waals surface area contributed by atoms with Crippen LogP contribution >= 0.6 is 0 Å². The lowest BCUT2D eigenvalue weighted by molar-refractivity contribution is -0.131. The maximum atomic E-state index is 11.2. The smallest absolute Gasteiger partial charge is 0.328 e. The lowest BCUT2D eigenvalue weighted by Crippen LogP contribution is -2.27. The number of primary amides is 1. The molecular weight excluding hydrogens is 256 g/mol. The maximum absolute atomic E-state index is 11.2. The van der Waals surface area contributed by atoms with E-state index < -0.39 is 5.97 Å². The van der Waals surface area contributed by atoms with Crippen molar-refractivity contribution in [1.82, 2.24) is 0 Å². The predicted molar refractivity (Wildman–Crippen MR) is 77.4 cm³/mol. The molecule has 1 atom stereocenters. The van der Waals surface area contributed by atoms with Crippen molar-refractivity contribution < 1.29 is 14.7 Å². The van der Waals surface area contributed by atoms with Gasteiger partial charge in [0.2, 0.25) is 5.91 Å². The van der Waals surface area contributed by atoms with Crippen LogP contribution in [-0.4, -0.2) is 30.1 Å². The molecule has 3 N–H and O–H groups in total. The Morgan fingerprint density at radius 1 is 1.45 bits per heavy atom. The van der Waals surface area contributed by atoms with Crippen LogP contribution in [0.5, 0.6) is 0 Å². The van der Waals surface area contributed by atoms with Crippen LogP contribution in [0.2, 0.25) is 0 Å². The number of aryl methyl sites for hydroxylation is 1. The van der Waals surface area contributed by atoms with E-state index >= 15 is 0 Å². The van der Waals surface area contributed by atoms with E-state index in [-0.39, 0.29) is 11.8 Å². The minimum absolute atomic E-state index is 0.0816. The van der Waals surface area contributed by atoms with E-state index in [4.69, 9.17) is 10.8 Å². The molecule has 1 saturated heterocycles. The number of amides is 1. The number of carbonyl (C=O) groups is 2. The summed E-state index contributed by atoms with van der Waals surface area (Å²) in [5.74, 6) is -1.29. The zero-order valence-electron chi connectivity index (χ0n) is 11.4. The zero-order valence-corrected chi connectivity index (χ0v) is 11.4. The fraction of sp³-hybridized carbons (Fsp3) is 0.333. The van der Waals surface area contributed by atoms with E-state index in [9.17, 15) is 9.59 Å². The van der Waals surface area contributed by atoms with Crippen molar-refractivity contribution in [3.63, 3.8) is 0 Å². The predicted octanol–water partition coefficient (Wildman–Crippen LogP) is 1.40. The first-order chi connectivity index (χ1) is 9.47. The van der Waals surface area contributed by atoms with Crippen molar-refractivity contribution in [3.8, 4) is 0 Å². The number of carboxylic acid groups (broad SMARTS) is 1. The summed E-state index contributed by atoms with van der Waals surface area (Å²) in [5, 5.41) is 8.64. The van der Waals surface area contributed by atoms with Gasteiger partial charge in [-0.2, -0.15) is 0 Å². The number of carboxylic acids is 1. The Bertz CT molecular complexity index is 566. The first kappa shape index (κ1) is 14.1. The quantitative estimate of drug-likeness (QED) is 0.813. The zero-order chi connectivity index (χ0) is 14.7. The first-order valence-corrected chi connectivity index (χ1v) is 6.53. The van der Waals surface area contributed by atoms with Gasteiger partial charge in [0.05, 0.1) is 5.92 Å². The highest BCUT2D eigenvalue weighted by Crippen LogP contribution is 2.26. The Balaban J connectivity index is 2.14. The summed E-state index contributed by atoms with van der Waals surface area (Å²) in [5.41, 5.74) is 8.25. The largest absolute Gasteiger partial charge is 0.478 e. The number of nitrogens with zero attached hydrogens (tertiary/aromatic N) is 1. The van der Waals surface area contributed by atoms with Crippen LogP contribution in [0.25, 0.3) is 6.08 Å². The Kier molecular flexibility index (Phi) is 4.08. The molecule has 1 aromatic carbocycles. The number of aliphatic carboxylic acids is 1. The standard InChI is InChI=1S/C15H18N2O3/c1-10-8-13(4-2-11(10)3-5-14(18)19)17-7-6-12(9-17)15(16)20/h2-5,8,12H,6-7,9H2,1H3,(H2,16,20)(H,18,19)/b5-3+. The second-order valence-electron chi connectivity index (χ2n) is 5.05. The van der Waals surface area contributed by atoms with E-state index in [1.807, 2.05) is 25.1 Å². The van der Waals surface area contributed by atoms with Gasteiger partial charge >= 0.3 is 5.97 Å². The molecule has 0 bridgehead atoms. The number of nitrogens with two attached hydrogens (primary N) is 1. The lowest BCUT2D eigenvalue weighted by Gasteiger charge is -2.19. The third kappa shape index (κ3) is 3.17. The highest BCUT2D eigenvalue weighted by atomic mass is 16.4. The normalized spacial score (nSPS) is 18.6. The molecule has 106 valence electrons. The van der Waals surface area contributed by atoms with Gasteiger partial charge in [-0.3, -0.25) is 4.79 Å². The summed E-state index contributed by atoms with van der Waals surface area (Å²) in [4.78, 5) is 23.8. The third-order valence-electron chi connectivity index (χ3n) is 3.61. The summed E-state index contributed by atoms with van der Waals surface area (Å²) in [6.07, 6.45) is 3.49. The van der Waals surface area contributed by atoms with Gasteiger partial charge in [-0.05, 0) is 42.7 Å². The van der Waals surface area contributed by atoms with Crippen LogP contribution in [0, 0.1) is 12.8 Å². The van der Waals surface area contributed by atoms with Gasteiger partial charge in [0.25, 0.3) is 0 Å². The molecule has 1 amide bonds. The van der Waals surface area contributed by atoms with E-state index in [2.05, 4.69) is 4.90 Å². The van der Waals surface area contributed by atoms with Gasteiger partial charge in [0, 0.05) is 24.9 Å². The van der Waals surface area contributed by atoms with Crippen molar-refractivity contribution in [2.24, 2.45) is 11.7 Å². The number of hydrogen-bond acceptors (Lipinski definition) is 3. The van der Waals surface area contributed by atoms with Gasteiger partial charge in [0.15, 0.2) is 0 Å². The Hall–Kier alpha value is -2.30. The van der Waals surface area contributed by atoms with Crippen LogP contribution in [0.3, 0.4) is 0 Å². The second-order valence-corrected chi connectivity index (χ2v) is 5.05. The topological polar surface area (TPSA) is 83.6 Å². The van der Waals surface area contributed by atoms with E-state index in [0.717, 1.165) is 35.9 Å². The molecule has 5 heteroatoms. The minimum Gasteiger partial charge on any atom is -0.478 e. The van der Waals surface area contributed by atoms with Crippen molar-refractivity contribution in [2.75, 3.05) is 18.0 Å². The van der Waals surface area contributed by atoms with Crippen molar-refractivity contribution >= 4 is 23.6 Å². The molecule has 1 aliphatic rings. The number of benzene rings is 1. The molecule has 1 aromatic rings. The van der Waals surface area contributed by atoms with E-state index in [1.54, 1.807) is 6.08 Å². The fourth-order valence-electron chi connectivity index (χ4n) is 2.43. The summed E-state index contributed by atoms with van der Waals surface area (Å²) in [7, 11) is 0. The van der Waals surface area contributed by atoms with Gasteiger partial charge in [0.1, 0.15) is 0 Å². The van der Waals surface area contributed by atoms with Crippen LogP contribution in [0.4, 0.5) is 5.69 Å². The van der Waals surface area contributed by atoms with E-state index in [0.29, 0.717) is 6.54 Å². The Labute approximate surface area is 117 Å². The first-order valence-electron chi connectivity index (χ1n) is 6.53. The summed E-state index contributed by atoms with van der Waals surface area (Å²) < 4.78 is 0. The number of anilines is 1. The molecule has 1 heterocycles. The van der Waals surface area contributed by atoms with Crippen molar-refractivity contribution in [3.05, 3.63) is 35.4 Å². The minimum atomic E-state index is -0.961. The third-order valence-corrected chi connectivity index (χ3v) is 3.61. The summed E-state index contributed by atoms with van der Waals surface area (Å²) in [6.45, 7) is 3.41. The SMILES string of the molecule is Cc1cc(N2CCC(C(N)=O)C2)ccc1/C=C/C(=O)O. The molecule has 0 spiro atoms. The molecule has 2 rings (SSSR count). The monoisotopic (exact) mass is 274 g/mol. The summed E-state index contributed by atoms with van der Waals surface area (Å²) >= 11 is 0. The molecule has 0 radical (unpaired) electrons. The molecule has 1 aliphatic heterocycles. The maximum Gasteiger partial charge on any atom is 0.328 e. The number of hydrogen-bond donors (Lipinski definition) is 2. The summed E-state index contributed by atoms with van der Waals surface area (Å²) in [6, 6.07) is 5.84. The van der Waals surface area contributed by atoms with E-state index in [1.165, 1.54) is 0 Å². The number of rotatable bonds is 4. The fourth-order valence-corrected chi connectivity index (χ4v) is 2.43. The van der Waals surface area contributed by atoms with Gasteiger partial charge < -0.3 is 15.7 Å². The molecule has 0 aromatic heterocycles. The van der Waals surface area contributed by atoms with Crippen LogP contribution in [0.15, 0.2) is 24.3 Å². The average Bonchev–Trinajstić information content (AvgIpc) is 2.86. The molecule has 1 fully saturated rings. The van der Waals surface area contributed by atoms with Crippen molar-refractivity contribution in [2.45, 2.75) is 13.3 Å². The second kappa shape index (κ2) is 5.77. The Morgan fingerprint density at radius 3 is 2.75 bits per heavy atom. The Morgan fingerprint density at radius 2 is 2.20 bits per heavy atom. The molecule has 0 aliphatic carbocycles. The highest BCUT2D eigenvalue weighted by molar-refractivity contribution is 5.85.